The van der Waals surface area contributed by atoms with E-state index in [0.29, 0.717) is 5.56 Å². The second-order valence-corrected chi connectivity index (χ2v) is 3.06. The second kappa shape index (κ2) is 3.62. The first-order valence-corrected chi connectivity index (χ1v) is 4.35. The third-order valence-electron chi connectivity index (χ3n) is 1.99. The second-order valence-electron chi connectivity index (χ2n) is 3.06. The summed E-state index contributed by atoms with van der Waals surface area (Å²) >= 11 is 0. The van der Waals surface area contributed by atoms with Crippen molar-refractivity contribution in [1.29, 1.82) is 0 Å². The molecule has 1 aliphatic heterocycles. The Hall–Kier alpha value is -2.01. The normalized spacial score (nSPS) is 20.9. The molecule has 0 fully saturated rings. The van der Waals surface area contributed by atoms with Gasteiger partial charge in [0.05, 0.1) is 0 Å². The van der Waals surface area contributed by atoms with Crippen molar-refractivity contribution in [3.05, 3.63) is 35.9 Å². The van der Waals surface area contributed by atoms with E-state index >= 15 is 0 Å². The largest absolute Gasteiger partial charge is 0.375 e. The van der Waals surface area contributed by atoms with Crippen molar-refractivity contribution in [1.82, 2.24) is 5.32 Å². The summed E-state index contributed by atoms with van der Waals surface area (Å²) in [5, 5.41) is 11.4. The van der Waals surface area contributed by atoms with Gasteiger partial charge in [0.25, 0.3) is 11.8 Å². The summed E-state index contributed by atoms with van der Waals surface area (Å²) in [6, 6.07) is 8.76. The summed E-state index contributed by atoms with van der Waals surface area (Å²) in [6.45, 7) is 0. The topological polar surface area (TPSA) is 78.8 Å². The Bertz CT molecular complexity index is 439. The number of nitrogens with zero attached hydrogens (tertiary/aromatic N) is 1. The molecule has 2 N–H and O–H groups in total. The van der Waals surface area contributed by atoms with Crippen LogP contribution in [0, 0.1) is 0 Å². The number of aliphatic hydroxyl groups is 1. The zero-order valence-corrected chi connectivity index (χ0v) is 7.68. The van der Waals surface area contributed by atoms with Crippen LogP contribution in [0.2, 0.25) is 0 Å². The lowest BCUT2D eigenvalue weighted by Gasteiger charge is -2.16. The maximum absolute atomic E-state index is 11.1. The highest BCUT2D eigenvalue weighted by atomic mass is 16.3. The van der Waals surface area contributed by atoms with Crippen molar-refractivity contribution in [2.24, 2.45) is 4.99 Å². The lowest BCUT2D eigenvalue weighted by molar-refractivity contribution is -0.139. The van der Waals surface area contributed by atoms with E-state index in [4.69, 9.17) is 5.11 Å². The molecule has 0 radical (unpaired) electrons. The van der Waals surface area contributed by atoms with Gasteiger partial charge in [-0.25, -0.2) is 0 Å². The van der Waals surface area contributed by atoms with Gasteiger partial charge in [-0.15, -0.1) is 0 Å². The van der Waals surface area contributed by atoms with Crippen molar-refractivity contribution in [2.45, 2.75) is 6.10 Å². The molecular formula is C10H8N2O3. The van der Waals surface area contributed by atoms with Crippen LogP contribution in [-0.4, -0.2) is 28.9 Å². The highest BCUT2D eigenvalue weighted by Gasteiger charge is 2.29. The summed E-state index contributed by atoms with van der Waals surface area (Å²) in [5.41, 5.74) is 0.631. The van der Waals surface area contributed by atoms with Gasteiger partial charge in [0.2, 0.25) is 6.10 Å². The summed E-state index contributed by atoms with van der Waals surface area (Å²) in [4.78, 5) is 25.8. The van der Waals surface area contributed by atoms with E-state index in [1.807, 2.05) is 6.07 Å². The lowest BCUT2D eigenvalue weighted by atomic mass is 10.1. The first-order valence-electron chi connectivity index (χ1n) is 4.35. The van der Waals surface area contributed by atoms with Crippen LogP contribution in [0.5, 0.6) is 0 Å². The quantitative estimate of drug-likeness (QED) is 0.602. The fraction of sp³-hybridized carbons (Fsp3) is 0.100. The van der Waals surface area contributed by atoms with Gasteiger partial charge in [-0.3, -0.25) is 9.59 Å². The molecule has 5 heteroatoms. The first-order chi connectivity index (χ1) is 7.18. The molecule has 1 heterocycles. The van der Waals surface area contributed by atoms with Crippen LogP contribution < -0.4 is 5.32 Å². The third kappa shape index (κ3) is 1.77. The lowest BCUT2D eigenvalue weighted by Crippen LogP contribution is -2.47. The molecular weight excluding hydrogens is 196 g/mol. The molecule has 0 aromatic heterocycles. The molecule has 2 amide bonds. The number of amidine groups is 1. The maximum Gasteiger partial charge on any atom is 0.286 e. The molecule has 1 unspecified atom stereocenters. The van der Waals surface area contributed by atoms with E-state index in [1.54, 1.807) is 24.3 Å². The zero-order valence-electron chi connectivity index (χ0n) is 7.68. The maximum atomic E-state index is 11.1. The van der Waals surface area contributed by atoms with E-state index in [2.05, 4.69) is 10.3 Å². The molecule has 2 rings (SSSR count). The number of carbonyl (C=O) groups excluding carboxylic acids is 2. The Kier molecular flexibility index (Phi) is 2.31. The number of amides is 2. The van der Waals surface area contributed by atoms with E-state index in [9.17, 15) is 9.59 Å². The molecule has 1 aromatic carbocycles. The number of aliphatic imine (C=N–C) groups is 1. The Morgan fingerprint density at radius 3 is 2.47 bits per heavy atom. The average Bonchev–Trinajstić information content (AvgIpc) is 2.26. The SMILES string of the molecule is O=C1N=C(c2ccccc2)NC(=O)C1O. The predicted octanol–water partition coefficient (Wildman–Crippen LogP) is -0.549. The van der Waals surface area contributed by atoms with Gasteiger partial charge in [-0.05, 0) is 0 Å². The van der Waals surface area contributed by atoms with Gasteiger partial charge in [0.1, 0.15) is 5.84 Å². The van der Waals surface area contributed by atoms with Crippen molar-refractivity contribution in [3.63, 3.8) is 0 Å². The number of benzene rings is 1. The monoisotopic (exact) mass is 204 g/mol. The van der Waals surface area contributed by atoms with Crippen LogP contribution in [-0.2, 0) is 9.59 Å². The Labute approximate surface area is 85.4 Å². The fourth-order valence-corrected chi connectivity index (χ4v) is 1.23. The minimum atomic E-state index is -1.68. The van der Waals surface area contributed by atoms with Crippen LogP contribution in [0.1, 0.15) is 5.56 Å². The van der Waals surface area contributed by atoms with Crippen molar-refractivity contribution in [2.75, 3.05) is 0 Å². The molecule has 0 spiro atoms. The van der Waals surface area contributed by atoms with Gasteiger partial charge in [0.15, 0.2) is 0 Å². The van der Waals surface area contributed by atoms with Gasteiger partial charge < -0.3 is 10.4 Å². The minimum absolute atomic E-state index is 0.177. The highest BCUT2D eigenvalue weighted by molar-refractivity contribution is 6.22. The standard InChI is InChI=1S/C10H8N2O3/c13-7-9(14)11-8(12-10(7)15)6-4-2-1-3-5-6/h1-5,7,13H,(H,11,12,14,15). The third-order valence-corrected chi connectivity index (χ3v) is 1.99. The smallest absolute Gasteiger partial charge is 0.286 e. The molecule has 1 aromatic rings. The number of hydrogen-bond acceptors (Lipinski definition) is 3. The number of nitrogens with one attached hydrogen (secondary N) is 1. The van der Waals surface area contributed by atoms with Crippen LogP contribution >= 0.6 is 0 Å². The molecule has 5 nitrogen and oxygen atoms in total. The molecule has 1 aliphatic rings. The summed E-state index contributed by atoms with van der Waals surface area (Å²) in [7, 11) is 0. The molecule has 15 heavy (non-hydrogen) atoms. The number of carbonyl (C=O) groups is 2. The average molecular weight is 204 g/mol. The van der Waals surface area contributed by atoms with Crippen molar-refractivity contribution < 1.29 is 14.7 Å². The van der Waals surface area contributed by atoms with E-state index in [0.717, 1.165) is 0 Å². The van der Waals surface area contributed by atoms with E-state index in [-0.39, 0.29) is 5.84 Å². The summed E-state index contributed by atoms with van der Waals surface area (Å²) < 4.78 is 0. The number of hydrogen-bond donors (Lipinski definition) is 2. The van der Waals surface area contributed by atoms with Crippen LogP contribution in [0.4, 0.5) is 0 Å². The minimum Gasteiger partial charge on any atom is -0.375 e. The van der Waals surface area contributed by atoms with E-state index in [1.165, 1.54) is 0 Å². The molecule has 0 aliphatic carbocycles. The fourth-order valence-electron chi connectivity index (χ4n) is 1.23. The van der Waals surface area contributed by atoms with Gasteiger partial charge in [0, 0.05) is 5.56 Å². The van der Waals surface area contributed by atoms with E-state index < -0.39 is 17.9 Å². The highest BCUT2D eigenvalue weighted by Crippen LogP contribution is 2.04. The van der Waals surface area contributed by atoms with Crippen LogP contribution in [0.25, 0.3) is 0 Å². The van der Waals surface area contributed by atoms with Gasteiger partial charge in [-0.1, -0.05) is 30.3 Å². The Balaban J connectivity index is 2.36. The van der Waals surface area contributed by atoms with Crippen molar-refractivity contribution in [3.8, 4) is 0 Å². The summed E-state index contributed by atoms with van der Waals surface area (Å²) in [5.74, 6) is -1.40. The molecule has 0 bridgehead atoms. The van der Waals surface area contributed by atoms with Crippen LogP contribution in [0.3, 0.4) is 0 Å². The Morgan fingerprint density at radius 2 is 1.87 bits per heavy atom. The predicted molar refractivity (Wildman–Crippen MR) is 52.1 cm³/mol. The number of rotatable bonds is 1. The molecule has 0 saturated carbocycles. The molecule has 0 saturated heterocycles. The summed E-state index contributed by atoms with van der Waals surface area (Å²) in [6.07, 6.45) is -1.68. The van der Waals surface area contributed by atoms with Crippen molar-refractivity contribution >= 4 is 17.6 Å². The molecule has 1 atom stereocenters. The van der Waals surface area contributed by atoms with Gasteiger partial charge in [-0.2, -0.15) is 4.99 Å². The van der Waals surface area contributed by atoms with Crippen LogP contribution in [0.15, 0.2) is 35.3 Å². The van der Waals surface area contributed by atoms with Gasteiger partial charge >= 0.3 is 0 Å². The zero-order chi connectivity index (χ0) is 10.8. The Morgan fingerprint density at radius 1 is 1.20 bits per heavy atom. The number of aliphatic hydroxyl groups excluding tert-OH is 1. The molecule has 76 valence electrons. The first kappa shape index (κ1) is 9.54.